The zero-order chi connectivity index (χ0) is 19.3. The molecule has 1 amide bonds. The molecule has 2 aromatic carbocycles. The van der Waals surface area contributed by atoms with Gasteiger partial charge in [0.2, 0.25) is 10.0 Å². The van der Waals surface area contributed by atoms with Crippen LogP contribution in [0.5, 0.6) is 0 Å². The lowest BCUT2D eigenvalue weighted by molar-refractivity contribution is 0.102. The molecule has 2 aromatic rings. The van der Waals surface area contributed by atoms with Gasteiger partial charge in [0.1, 0.15) is 0 Å². The van der Waals surface area contributed by atoms with Crippen molar-refractivity contribution in [2.45, 2.75) is 18.7 Å². The molecule has 140 valence electrons. The van der Waals surface area contributed by atoms with Crippen molar-refractivity contribution in [2.24, 2.45) is 0 Å². The number of halogens is 1. The van der Waals surface area contributed by atoms with E-state index in [-0.39, 0.29) is 24.0 Å². The van der Waals surface area contributed by atoms with E-state index < -0.39 is 10.0 Å². The van der Waals surface area contributed by atoms with Crippen LogP contribution in [0.25, 0.3) is 0 Å². The van der Waals surface area contributed by atoms with Crippen LogP contribution in [-0.2, 0) is 14.8 Å². The number of rotatable bonds is 7. The van der Waals surface area contributed by atoms with E-state index in [0.717, 1.165) is 11.1 Å². The first-order chi connectivity index (χ1) is 12.2. The molecule has 0 fully saturated rings. The van der Waals surface area contributed by atoms with Crippen molar-refractivity contribution in [3.8, 4) is 0 Å². The van der Waals surface area contributed by atoms with Gasteiger partial charge >= 0.3 is 0 Å². The minimum absolute atomic E-state index is 0.0784. The maximum atomic E-state index is 12.4. The smallest absolute Gasteiger partial charge is 0.255 e. The number of carbonyl (C=O) groups excluding carboxylic acids is 1. The van der Waals surface area contributed by atoms with Gasteiger partial charge in [-0.05, 0) is 55.3 Å². The fourth-order valence-electron chi connectivity index (χ4n) is 2.41. The third-order valence-corrected chi connectivity index (χ3v) is 5.47. The Morgan fingerprint density at radius 1 is 1.15 bits per heavy atom. The molecule has 0 aliphatic rings. The summed E-state index contributed by atoms with van der Waals surface area (Å²) < 4.78 is 31.5. The molecule has 0 bridgehead atoms. The first-order valence-electron chi connectivity index (χ1n) is 7.91. The van der Waals surface area contributed by atoms with Gasteiger partial charge in [0.15, 0.2) is 0 Å². The second kappa shape index (κ2) is 8.64. The third kappa shape index (κ3) is 5.04. The number of sulfonamides is 1. The minimum Gasteiger partial charge on any atom is -0.383 e. The first kappa shape index (κ1) is 20.4. The molecule has 0 radical (unpaired) electrons. The number of anilines is 1. The molecule has 0 aliphatic carbocycles. The van der Waals surface area contributed by atoms with Crippen molar-refractivity contribution < 1.29 is 17.9 Å². The van der Waals surface area contributed by atoms with E-state index in [1.807, 2.05) is 19.9 Å². The van der Waals surface area contributed by atoms with Crippen LogP contribution >= 0.6 is 11.6 Å². The van der Waals surface area contributed by atoms with Crippen LogP contribution in [0.3, 0.4) is 0 Å². The lowest BCUT2D eigenvalue weighted by Crippen LogP contribution is -2.27. The molecule has 0 unspecified atom stereocenters. The maximum Gasteiger partial charge on any atom is 0.255 e. The summed E-state index contributed by atoms with van der Waals surface area (Å²) in [6.07, 6.45) is 0. The second-order valence-electron chi connectivity index (χ2n) is 5.81. The van der Waals surface area contributed by atoms with Crippen molar-refractivity contribution >= 4 is 33.2 Å². The highest BCUT2D eigenvalue weighted by Crippen LogP contribution is 2.27. The normalized spacial score (nSPS) is 11.4. The molecule has 0 atom stereocenters. The number of aryl methyl sites for hydroxylation is 2. The van der Waals surface area contributed by atoms with Crippen LogP contribution in [-0.4, -0.2) is 34.6 Å². The molecule has 2 N–H and O–H groups in total. The van der Waals surface area contributed by atoms with E-state index in [0.29, 0.717) is 16.3 Å². The Morgan fingerprint density at radius 2 is 1.81 bits per heavy atom. The largest absolute Gasteiger partial charge is 0.383 e. The van der Waals surface area contributed by atoms with Gasteiger partial charge in [-0.2, -0.15) is 0 Å². The number of ether oxygens (including phenoxy) is 1. The van der Waals surface area contributed by atoms with Crippen LogP contribution in [0.2, 0.25) is 5.02 Å². The van der Waals surface area contributed by atoms with E-state index in [2.05, 4.69) is 10.0 Å². The van der Waals surface area contributed by atoms with Gasteiger partial charge in [0.05, 0.1) is 22.2 Å². The molecule has 0 spiro atoms. The zero-order valence-electron chi connectivity index (χ0n) is 14.8. The fourth-order valence-corrected chi connectivity index (χ4v) is 3.79. The molecule has 0 heterocycles. The second-order valence-corrected chi connectivity index (χ2v) is 7.98. The van der Waals surface area contributed by atoms with Gasteiger partial charge < -0.3 is 10.1 Å². The summed E-state index contributed by atoms with van der Waals surface area (Å²) in [4.78, 5) is 12.5. The van der Waals surface area contributed by atoms with E-state index in [9.17, 15) is 13.2 Å². The van der Waals surface area contributed by atoms with E-state index in [1.54, 1.807) is 6.07 Å². The topological polar surface area (TPSA) is 84.5 Å². The highest BCUT2D eigenvalue weighted by atomic mass is 35.5. The number of amides is 1. The van der Waals surface area contributed by atoms with Gasteiger partial charge in [0.25, 0.3) is 5.91 Å². The van der Waals surface area contributed by atoms with Crippen LogP contribution in [0.15, 0.2) is 41.3 Å². The highest BCUT2D eigenvalue weighted by molar-refractivity contribution is 7.89. The lowest BCUT2D eigenvalue weighted by Gasteiger charge is -2.12. The van der Waals surface area contributed by atoms with E-state index >= 15 is 0 Å². The summed E-state index contributed by atoms with van der Waals surface area (Å²) in [6, 6.07) is 9.37. The molecular weight excluding hydrogens is 376 g/mol. The average Bonchev–Trinajstić information content (AvgIpc) is 2.58. The maximum absolute atomic E-state index is 12.4. The molecule has 6 nitrogen and oxygen atoms in total. The molecule has 0 aromatic heterocycles. The van der Waals surface area contributed by atoms with Crippen molar-refractivity contribution in [1.82, 2.24) is 4.72 Å². The highest BCUT2D eigenvalue weighted by Gasteiger charge is 2.15. The number of nitrogens with one attached hydrogen (secondary N) is 2. The molecule has 2 rings (SSSR count). The zero-order valence-corrected chi connectivity index (χ0v) is 16.4. The number of methoxy groups -OCH3 is 1. The predicted octanol–water partition coefficient (Wildman–Crippen LogP) is 3.13. The monoisotopic (exact) mass is 396 g/mol. The quantitative estimate of drug-likeness (QED) is 0.704. The summed E-state index contributed by atoms with van der Waals surface area (Å²) in [7, 11) is -2.15. The summed E-state index contributed by atoms with van der Waals surface area (Å²) in [5.74, 6) is -0.366. The van der Waals surface area contributed by atoms with Crippen LogP contribution in [0.4, 0.5) is 5.69 Å². The molecule has 0 aliphatic heterocycles. The Morgan fingerprint density at radius 3 is 2.38 bits per heavy atom. The Bertz CT molecular complexity index is 873. The van der Waals surface area contributed by atoms with Gasteiger partial charge in [-0.15, -0.1) is 0 Å². The number of hydrogen-bond donors (Lipinski definition) is 2. The molecule has 8 heteroatoms. The van der Waals surface area contributed by atoms with Gasteiger partial charge in [-0.3, -0.25) is 4.79 Å². The van der Waals surface area contributed by atoms with Gasteiger partial charge in [-0.1, -0.05) is 17.7 Å². The average molecular weight is 397 g/mol. The molecule has 26 heavy (non-hydrogen) atoms. The van der Waals surface area contributed by atoms with Crippen molar-refractivity contribution in [3.63, 3.8) is 0 Å². The van der Waals surface area contributed by atoms with Crippen molar-refractivity contribution in [2.75, 3.05) is 25.6 Å². The van der Waals surface area contributed by atoms with E-state index in [4.69, 9.17) is 16.3 Å². The first-order valence-corrected chi connectivity index (χ1v) is 9.77. The molecular formula is C18H21ClN2O4S. The Hall–Kier alpha value is -1.93. The number of carbonyl (C=O) groups is 1. The van der Waals surface area contributed by atoms with E-state index in [1.165, 1.54) is 31.4 Å². The van der Waals surface area contributed by atoms with Crippen LogP contribution < -0.4 is 10.0 Å². The standard InChI is InChI=1S/C18H21ClN2O4S/c1-12-10-13(2)17(16(19)11-12)21-18(22)14-4-6-15(7-5-14)26(23,24)20-8-9-25-3/h4-7,10-11,20H,8-9H2,1-3H3,(H,21,22). The third-order valence-electron chi connectivity index (χ3n) is 3.70. The summed E-state index contributed by atoms with van der Waals surface area (Å²) in [6.45, 7) is 4.23. The van der Waals surface area contributed by atoms with Crippen LogP contribution in [0, 0.1) is 13.8 Å². The van der Waals surface area contributed by atoms with Crippen molar-refractivity contribution in [1.29, 1.82) is 0 Å². The Labute approximate surface area is 158 Å². The van der Waals surface area contributed by atoms with Crippen molar-refractivity contribution in [3.05, 3.63) is 58.1 Å². The fraction of sp³-hybridized carbons (Fsp3) is 0.278. The van der Waals surface area contributed by atoms with Gasteiger partial charge in [0, 0.05) is 19.2 Å². The lowest BCUT2D eigenvalue weighted by atomic mass is 10.1. The minimum atomic E-state index is -3.63. The van der Waals surface area contributed by atoms with Gasteiger partial charge in [-0.25, -0.2) is 13.1 Å². The summed E-state index contributed by atoms with van der Waals surface area (Å²) in [5.41, 5.74) is 2.73. The number of benzene rings is 2. The Kier molecular flexibility index (Phi) is 6.77. The number of hydrogen-bond acceptors (Lipinski definition) is 4. The predicted molar refractivity (Wildman–Crippen MR) is 102 cm³/mol. The Balaban J connectivity index is 2.14. The molecule has 0 saturated heterocycles. The summed E-state index contributed by atoms with van der Waals surface area (Å²) >= 11 is 6.20. The summed E-state index contributed by atoms with van der Waals surface area (Å²) in [5, 5.41) is 3.23. The SMILES string of the molecule is COCCNS(=O)(=O)c1ccc(C(=O)Nc2c(C)cc(C)cc2Cl)cc1. The van der Waals surface area contributed by atoms with Crippen LogP contribution in [0.1, 0.15) is 21.5 Å². The molecule has 0 saturated carbocycles.